The number of carbonyl (C=O) groups excluding carboxylic acids is 1. The lowest BCUT2D eigenvalue weighted by molar-refractivity contribution is -0.113. The number of aryl methyl sites for hydroxylation is 1. The second kappa shape index (κ2) is 7.31. The van der Waals surface area contributed by atoms with Crippen LogP contribution in [0.25, 0.3) is 0 Å². The van der Waals surface area contributed by atoms with Crippen molar-refractivity contribution in [3.63, 3.8) is 0 Å². The predicted molar refractivity (Wildman–Crippen MR) is 85.9 cm³/mol. The van der Waals surface area contributed by atoms with Crippen molar-refractivity contribution < 1.29 is 4.79 Å². The van der Waals surface area contributed by atoms with Gasteiger partial charge in [0.2, 0.25) is 5.91 Å². The van der Waals surface area contributed by atoms with Gasteiger partial charge in [0.05, 0.1) is 5.75 Å². The molecule has 1 fully saturated rings. The number of carbonyl (C=O) groups is 1. The van der Waals surface area contributed by atoms with Gasteiger partial charge in [-0.15, -0.1) is 11.8 Å². The van der Waals surface area contributed by atoms with Gasteiger partial charge in [0, 0.05) is 15.4 Å². The summed E-state index contributed by atoms with van der Waals surface area (Å²) in [6.07, 6.45) is 2.32. The minimum Gasteiger partial charge on any atom is -0.325 e. The van der Waals surface area contributed by atoms with Gasteiger partial charge in [-0.3, -0.25) is 4.79 Å². The largest absolute Gasteiger partial charge is 0.325 e. The van der Waals surface area contributed by atoms with E-state index in [0.717, 1.165) is 41.7 Å². The minimum atomic E-state index is 0.0843. The van der Waals surface area contributed by atoms with Crippen LogP contribution in [-0.2, 0) is 4.79 Å². The van der Waals surface area contributed by atoms with E-state index >= 15 is 0 Å². The third-order valence-corrected chi connectivity index (χ3v) is 4.89. The van der Waals surface area contributed by atoms with Crippen LogP contribution < -0.4 is 10.6 Å². The monoisotopic (exact) mass is 342 g/mol. The summed E-state index contributed by atoms with van der Waals surface area (Å²) in [7, 11) is 0. The predicted octanol–water partition coefficient (Wildman–Crippen LogP) is 3.18. The van der Waals surface area contributed by atoms with E-state index in [4.69, 9.17) is 0 Å². The van der Waals surface area contributed by atoms with Gasteiger partial charge in [0.15, 0.2) is 0 Å². The molecule has 2 rings (SSSR count). The van der Waals surface area contributed by atoms with Crippen LogP contribution in [0.5, 0.6) is 0 Å². The molecular formula is C14H19BrN2OS. The Kier molecular flexibility index (Phi) is 5.73. The maximum absolute atomic E-state index is 11.9. The van der Waals surface area contributed by atoms with Crippen LogP contribution in [0.4, 0.5) is 5.69 Å². The summed E-state index contributed by atoms with van der Waals surface area (Å²) in [5, 5.41) is 6.91. The second-order valence-electron chi connectivity index (χ2n) is 4.83. The van der Waals surface area contributed by atoms with Crippen molar-refractivity contribution in [2.24, 2.45) is 0 Å². The molecule has 1 aromatic carbocycles. The first kappa shape index (κ1) is 14.9. The topological polar surface area (TPSA) is 41.1 Å². The van der Waals surface area contributed by atoms with Gasteiger partial charge >= 0.3 is 0 Å². The van der Waals surface area contributed by atoms with E-state index in [1.165, 1.54) is 0 Å². The average molecular weight is 343 g/mol. The molecule has 0 saturated carbocycles. The molecule has 0 bridgehead atoms. The number of hydrogen-bond donors (Lipinski definition) is 2. The summed E-state index contributed by atoms with van der Waals surface area (Å²) < 4.78 is 0.994. The van der Waals surface area contributed by atoms with Crippen LogP contribution in [0, 0.1) is 6.92 Å². The highest BCUT2D eigenvalue weighted by Gasteiger charge is 2.15. The maximum Gasteiger partial charge on any atom is 0.234 e. The molecule has 0 atom stereocenters. The van der Waals surface area contributed by atoms with Crippen LogP contribution in [0.15, 0.2) is 22.7 Å². The van der Waals surface area contributed by atoms with Crippen LogP contribution in [0.3, 0.4) is 0 Å². The second-order valence-corrected chi connectivity index (χ2v) is 7.03. The lowest BCUT2D eigenvalue weighted by Crippen LogP contribution is -2.30. The highest BCUT2D eigenvalue weighted by atomic mass is 79.9. The molecule has 104 valence electrons. The molecule has 19 heavy (non-hydrogen) atoms. The molecule has 1 aromatic rings. The molecule has 1 heterocycles. The number of anilines is 1. The summed E-state index contributed by atoms with van der Waals surface area (Å²) in [6.45, 7) is 4.17. The van der Waals surface area contributed by atoms with Crippen LogP contribution >= 0.6 is 27.7 Å². The van der Waals surface area contributed by atoms with Crippen molar-refractivity contribution in [3.05, 3.63) is 28.2 Å². The molecule has 1 aliphatic heterocycles. The zero-order valence-electron chi connectivity index (χ0n) is 11.0. The Morgan fingerprint density at radius 3 is 2.84 bits per heavy atom. The highest BCUT2D eigenvalue weighted by molar-refractivity contribution is 9.10. The Bertz CT molecular complexity index is 427. The summed E-state index contributed by atoms with van der Waals surface area (Å²) in [5.74, 6) is 0.622. The standard InChI is InChI=1S/C14H19BrN2OS/c1-10-6-11(15)8-12(7-10)17-14(18)9-19-13-2-4-16-5-3-13/h6-8,13,16H,2-5,9H2,1H3,(H,17,18). The fraction of sp³-hybridized carbons (Fsp3) is 0.500. The molecule has 0 spiro atoms. The molecular weight excluding hydrogens is 324 g/mol. The van der Waals surface area contributed by atoms with E-state index in [-0.39, 0.29) is 5.91 Å². The molecule has 2 N–H and O–H groups in total. The first-order chi connectivity index (χ1) is 9.13. The lowest BCUT2D eigenvalue weighted by Gasteiger charge is -2.21. The van der Waals surface area contributed by atoms with Crippen molar-refractivity contribution in [2.45, 2.75) is 25.0 Å². The van der Waals surface area contributed by atoms with Crippen molar-refractivity contribution in [1.29, 1.82) is 0 Å². The van der Waals surface area contributed by atoms with Crippen LogP contribution in [-0.4, -0.2) is 30.0 Å². The summed E-state index contributed by atoms with van der Waals surface area (Å²) in [4.78, 5) is 11.9. The summed E-state index contributed by atoms with van der Waals surface area (Å²) in [6, 6.07) is 5.94. The first-order valence-electron chi connectivity index (χ1n) is 6.53. The number of piperidine rings is 1. The molecule has 5 heteroatoms. The number of nitrogens with one attached hydrogen (secondary N) is 2. The lowest BCUT2D eigenvalue weighted by atomic mass is 10.2. The SMILES string of the molecule is Cc1cc(Br)cc(NC(=O)CSC2CCNCC2)c1. The number of rotatable bonds is 4. The Morgan fingerprint density at radius 2 is 2.16 bits per heavy atom. The molecule has 0 aromatic heterocycles. The minimum absolute atomic E-state index is 0.0843. The molecule has 1 amide bonds. The van der Waals surface area contributed by atoms with E-state index in [1.54, 1.807) is 11.8 Å². The summed E-state index contributed by atoms with van der Waals surface area (Å²) >= 11 is 5.21. The summed E-state index contributed by atoms with van der Waals surface area (Å²) in [5.41, 5.74) is 2.00. The molecule has 0 unspecified atom stereocenters. The molecule has 1 saturated heterocycles. The van der Waals surface area contributed by atoms with Crippen molar-refractivity contribution in [3.8, 4) is 0 Å². The van der Waals surface area contributed by atoms with E-state index in [2.05, 4.69) is 26.6 Å². The van der Waals surface area contributed by atoms with Crippen molar-refractivity contribution in [2.75, 3.05) is 24.2 Å². The van der Waals surface area contributed by atoms with Crippen molar-refractivity contribution in [1.82, 2.24) is 5.32 Å². The van der Waals surface area contributed by atoms with Gasteiger partial charge in [0.1, 0.15) is 0 Å². The van der Waals surface area contributed by atoms with Crippen molar-refractivity contribution >= 4 is 39.3 Å². The quantitative estimate of drug-likeness (QED) is 0.882. The number of thioether (sulfide) groups is 1. The highest BCUT2D eigenvalue weighted by Crippen LogP contribution is 2.22. The number of amides is 1. The molecule has 1 aliphatic rings. The van der Waals surface area contributed by atoms with E-state index < -0.39 is 0 Å². The zero-order chi connectivity index (χ0) is 13.7. The molecule has 0 aliphatic carbocycles. The third kappa shape index (κ3) is 5.16. The van der Waals surface area contributed by atoms with Gasteiger partial charge in [-0.25, -0.2) is 0 Å². The van der Waals surface area contributed by atoms with E-state index in [0.29, 0.717) is 11.0 Å². The first-order valence-corrected chi connectivity index (χ1v) is 8.37. The fourth-order valence-corrected chi connectivity index (χ4v) is 3.80. The number of halogens is 1. The zero-order valence-corrected chi connectivity index (χ0v) is 13.4. The number of benzene rings is 1. The Balaban J connectivity index is 1.80. The van der Waals surface area contributed by atoms with Crippen LogP contribution in [0.2, 0.25) is 0 Å². The molecule has 3 nitrogen and oxygen atoms in total. The Hall–Kier alpha value is -0.520. The molecule has 0 radical (unpaired) electrons. The van der Waals surface area contributed by atoms with Gasteiger partial charge < -0.3 is 10.6 Å². The van der Waals surface area contributed by atoms with Gasteiger partial charge in [-0.1, -0.05) is 15.9 Å². The van der Waals surface area contributed by atoms with Gasteiger partial charge in [0.25, 0.3) is 0 Å². The van der Waals surface area contributed by atoms with E-state index in [1.807, 2.05) is 25.1 Å². The normalized spacial score (nSPS) is 16.3. The Labute approximate surface area is 127 Å². The number of hydrogen-bond acceptors (Lipinski definition) is 3. The smallest absolute Gasteiger partial charge is 0.234 e. The Morgan fingerprint density at radius 1 is 1.42 bits per heavy atom. The third-order valence-electron chi connectivity index (χ3n) is 3.06. The van der Waals surface area contributed by atoms with Gasteiger partial charge in [-0.05, 0) is 56.6 Å². The average Bonchev–Trinajstić information content (AvgIpc) is 2.36. The van der Waals surface area contributed by atoms with Gasteiger partial charge in [-0.2, -0.15) is 0 Å². The maximum atomic E-state index is 11.9. The fourth-order valence-electron chi connectivity index (χ4n) is 2.16. The van der Waals surface area contributed by atoms with E-state index in [9.17, 15) is 4.79 Å². The van der Waals surface area contributed by atoms with Crippen LogP contribution in [0.1, 0.15) is 18.4 Å².